The van der Waals surface area contributed by atoms with Gasteiger partial charge in [-0.15, -0.1) is 0 Å². The van der Waals surface area contributed by atoms with Gasteiger partial charge < -0.3 is 42.0 Å². The minimum absolute atomic E-state index is 0.00720. The average Bonchev–Trinajstić information content (AvgIpc) is 3.43. The standard InChI is InChI=1S/C33H35N5O8/c34-24(16-21-18-35-25-9-5-4-8-23(21)25)30(42)36-27(17-29(40)41)32(44)37-26(14-19-6-2-1-3-7-19)31(43)38-28(33(45)46)15-20-10-12-22(39)13-11-20/h1-13,18,24,26-28,35,39H,14-17,34H2,(H,36,42)(H,37,44)(H,38,43)(H,40,41)(H,45,46). The Balaban J connectivity index is 1.49. The van der Waals surface area contributed by atoms with Gasteiger partial charge in [-0.05, 0) is 41.3 Å². The van der Waals surface area contributed by atoms with Crippen LogP contribution in [0.25, 0.3) is 10.9 Å². The van der Waals surface area contributed by atoms with E-state index in [-0.39, 0.29) is 25.0 Å². The number of H-pyrrole nitrogens is 1. The number of aromatic amines is 1. The van der Waals surface area contributed by atoms with E-state index in [1.165, 1.54) is 24.3 Å². The lowest BCUT2D eigenvalue weighted by Gasteiger charge is -2.25. The first kappa shape index (κ1) is 33.2. The second kappa shape index (κ2) is 15.3. The number of phenols is 1. The fourth-order valence-corrected chi connectivity index (χ4v) is 4.96. The number of carbonyl (C=O) groups is 5. The van der Waals surface area contributed by atoms with Gasteiger partial charge in [0, 0.05) is 29.9 Å². The molecule has 0 fully saturated rings. The predicted octanol–water partition coefficient (Wildman–Crippen LogP) is 1.24. The Hall–Kier alpha value is -5.69. The van der Waals surface area contributed by atoms with Crippen LogP contribution < -0.4 is 21.7 Å². The van der Waals surface area contributed by atoms with E-state index in [9.17, 15) is 39.3 Å². The third-order valence-corrected chi connectivity index (χ3v) is 7.37. The van der Waals surface area contributed by atoms with Crippen LogP contribution in [0.5, 0.6) is 5.75 Å². The lowest BCUT2D eigenvalue weighted by Crippen LogP contribution is -2.58. The minimum atomic E-state index is -1.59. The van der Waals surface area contributed by atoms with Gasteiger partial charge in [0.15, 0.2) is 0 Å². The monoisotopic (exact) mass is 629 g/mol. The van der Waals surface area contributed by atoms with Crippen LogP contribution in [0, 0.1) is 0 Å². The zero-order chi connectivity index (χ0) is 33.2. The van der Waals surface area contributed by atoms with Crippen molar-refractivity contribution in [3.8, 4) is 5.75 Å². The molecule has 0 spiro atoms. The number of aromatic nitrogens is 1. The average molecular weight is 630 g/mol. The van der Waals surface area contributed by atoms with Gasteiger partial charge in [0.2, 0.25) is 17.7 Å². The third kappa shape index (κ3) is 9.16. The van der Waals surface area contributed by atoms with Crippen LogP contribution >= 0.6 is 0 Å². The van der Waals surface area contributed by atoms with Gasteiger partial charge in [-0.3, -0.25) is 19.2 Å². The zero-order valence-corrected chi connectivity index (χ0v) is 24.7. The van der Waals surface area contributed by atoms with Crippen LogP contribution in [0.4, 0.5) is 0 Å². The molecular formula is C33H35N5O8. The molecule has 3 amide bonds. The highest BCUT2D eigenvalue weighted by atomic mass is 16.4. The quantitative estimate of drug-likeness (QED) is 0.0946. The number of fused-ring (bicyclic) bond motifs is 1. The van der Waals surface area contributed by atoms with Gasteiger partial charge in [0.1, 0.15) is 23.9 Å². The molecule has 1 aromatic heterocycles. The Morgan fingerprint density at radius 1 is 0.674 bits per heavy atom. The molecule has 4 atom stereocenters. The number of aliphatic carboxylic acids is 2. The lowest BCUT2D eigenvalue weighted by molar-refractivity contribution is -0.143. The Kier molecular flexibility index (Phi) is 11.1. The number of hydrogen-bond acceptors (Lipinski definition) is 7. The molecule has 0 saturated heterocycles. The van der Waals surface area contributed by atoms with Crippen LogP contribution in [0.2, 0.25) is 0 Å². The molecule has 13 nitrogen and oxygen atoms in total. The summed E-state index contributed by atoms with van der Waals surface area (Å²) in [6.45, 7) is 0. The van der Waals surface area contributed by atoms with E-state index in [0.29, 0.717) is 11.1 Å². The van der Waals surface area contributed by atoms with Gasteiger partial charge in [-0.25, -0.2) is 4.79 Å². The van der Waals surface area contributed by atoms with E-state index in [1.54, 1.807) is 36.5 Å². The molecule has 0 aliphatic rings. The molecule has 240 valence electrons. The van der Waals surface area contributed by atoms with E-state index in [0.717, 1.165) is 16.5 Å². The summed E-state index contributed by atoms with van der Waals surface area (Å²) < 4.78 is 0. The number of hydrogen-bond donors (Lipinski definition) is 8. The van der Waals surface area contributed by atoms with Crippen molar-refractivity contribution in [2.24, 2.45) is 5.73 Å². The number of aromatic hydroxyl groups is 1. The Morgan fingerprint density at radius 2 is 1.24 bits per heavy atom. The van der Waals surface area contributed by atoms with Crippen LogP contribution in [0.15, 0.2) is 85.1 Å². The topological polar surface area (TPSA) is 224 Å². The van der Waals surface area contributed by atoms with E-state index in [4.69, 9.17) is 5.73 Å². The number of carboxylic acid groups (broad SMARTS) is 2. The molecule has 0 radical (unpaired) electrons. The maximum absolute atomic E-state index is 13.4. The molecule has 0 saturated carbocycles. The Bertz CT molecular complexity index is 1690. The van der Waals surface area contributed by atoms with E-state index in [2.05, 4.69) is 20.9 Å². The summed E-state index contributed by atoms with van der Waals surface area (Å²) >= 11 is 0. The second-order valence-corrected chi connectivity index (χ2v) is 10.9. The van der Waals surface area contributed by atoms with Gasteiger partial charge >= 0.3 is 11.9 Å². The summed E-state index contributed by atoms with van der Waals surface area (Å²) in [7, 11) is 0. The van der Waals surface area contributed by atoms with Crippen molar-refractivity contribution in [3.05, 3.63) is 102 Å². The molecule has 4 rings (SSSR count). The number of amides is 3. The van der Waals surface area contributed by atoms with Crippen LogP contribution in [0.1, 0.15) is 23.1 Å². The Morgan fingerprint density at radius 3 is 1.91 bits per heavy atom. The van der Waals surface area contributed by atoms with Crippen LogP contribution in [0.3, 0.4) is 0 Å². The number of carbonyl (C=O) groups excluding carboxylic acids is 3. The van der Waals surface area contributed by atoms with Crippen molar-refractivity contribution in [1.29, 1.82) is 0 Å². The molecule has 4 unspecified atom stereocenters. The van der Waals surface area contributed by atoms with Crippen molar-refractivity contribution in [2.75, 3.05) is 0 Å². The third-order valence-electron chi connectivity index (χ3n) is 7.37. The van der Waals surface area contributed by atoms with Crippen molar-refractivity contribution in [2.45, 2.75) is 49.9 Å². The summed E-state index contributed by atoms with van der Waals surface area (Å²) in [6, 6.07) is 16.4. The summed E-state index contributed by atoms with van der Waals surface area (Å²) in [4.78, 5) is 66.7. The molecular weight excluding hydrogens is 594 g/mol. The number of carboxylic acids is 2. The number of nitrogens with two attached hydrogens (primary N) is 1. The first-order valence-corrected chi connectivity index (χ1v) is 14.5. The SMILES string of the molecule is NC(Cc1c[nH]c2ccccc12)C(=O)NC(CC(=O)O)C(=O)NC(Cc1ccccc1)C(=O)NC(Cc1ccc(O)cc1)C(=O)O. The zero-order valence-electron chi connectivity index (χ0n) is 24.7. The molecule has 46 heavy (non-hydrogen) atoms. The van der Waals surface area contributed by atoms with Crippen molar-refractivity contribution >= 4 is 40.6 Å². The highest BCUT2D eigenvalue weighted by molar-refractivity contribution is 5.96. The fraction of sp³-hybridized carbons (Fsp3) is 0.242. The first-order valence-electron chi connectivity index (χ1n) is 14.5. The van der Waals surface area contributed by atoms with Gasteiger partial charge in [0.05, 0.1) is 12.5 Å². The molecule has 0 aliphatic carbocycles. The van der Waals surface area contributed by atoms with Crippen LogP contribution in [-0.2, 0) is 43.2 Å². The fourth-order valence-electron chi connectivity index (χ4n) is 4.96. The first-order chi connectivity index (χ1) is 22.0. The molecule has 13 heteroatoms. The molecule has 0 aliphatic heterocycles. The van der Waals surface area contributed by atoms with E-state index < -0.39 is 60.2 Å². The second-order valence-electron chi connectivity index (χ2n) is 10.9. The Labute approximate surface area is 263 Å². The minimum Gasteiger partial charge on any atom is -0.508 e. The highest BCUT2D eigenvalue weighted by Gasteiger charge is 2.32. The number of benzene rings is 3. The molecule has 9 N–H and O–H groups in total. The number of nitrogens with one attached hydrogen (secondary N) is 4. The molecule has 0 bridgehead atoms. The smallest absolute Gasteiger partial charge is 0.326 e. The van der Waals surface area contributed by atoms with Crippen LogP contribution in [-0.4, -0.2) is 74.1 Å². The van der Waals surface area contributed by atoms with Crippen molar-refractivity contribution in [3.63, 3.8) is 0 Å². The maximum Gasteiger partial charge on any atom is 0.326 e. The van der Waals surface area contributed by atoms with Crippen molar-refractivity contribution in [1.82, 2.24) is 20.9 Å². The predicted molar refractivity (Wildman–Crippen MR) is 168 cm³/mol. The summed E-state index contributed by atoms with van der Waals surface area (Å²) in [5.41, 5.74) is 8.92. The van der Waals surface area contributed by atoms with E-state index >= 15 is 0 Å². The number of rotatable bonds is 15. The van der Waals surface area contributed by atoms with E-state index in [1.807, 2.05) is 24.3 Å². The largest absolute Gasteiger partial charge is 0.508 e. The number of phenolic OH excluding ortho intramolecular Hbond substituents is 1. The van der Waals surface area contributed by atoms with Gasteiger partial charge in [-0.1, -0.05) is 60.7 Å². The van der Waals surface area contributed by atoms with Crippen molar-refractivity contribution < 1.29 is 39.3 Å². The molecule has 3 aromatic carbocycles. The lowest BCUT2D eigenvalue weighted by atomic mass is 10.0. The molecule has 1 heterocycles. The summed E-state index contributed by atoms with van der Waals surface area (Å²) in [6.07, 6.45) is 0.860. The van der Waals surface area contributed by atoms with Gasteiger partial charge in [0.25, 0.3) is 0 Å². The number of para-hydroxylation sites is 1. The van der Waals surface area contributed by atoms with Gasteiger partial charge in [-0.2, -0.15) is 0 Å². The maximum atomic E-state index is 13.4. The molecule has 4 aromatic rings. The summed E-state index contributed by atoms with van der Waals surface area (Å²) in [5, 5.41) is 37.0. The normalized spacial score (nSPS) is 13.6. The highest BCUT2D eigenvalue weighted by Crippen LogP contribution is 2.19. The summed E-state index contributed by atoms with van der Waals surface area (Å²) in [5.74, 6) is -5.28.